The number of nitrogens with zero attached hydrogens (tertiary/aromatic N) is 1. The highest BCUT2D eigenvalue weighted by molar-refractivity contribution is 5.97. The quantitative estimate of drug-likeness (QED) is 0.300. The van der Waals surface area contributed by atoms with Gasteiger partial charge in [0.05, 0.1) is 18.8 Å². The Morgan fingerprint density at radius 3 is 1.94 bits per heavy atom. The summed E-state index contributed by atoms with van der Waals surface area (Å²) in [6, 6.07) is -1.00. The van der Waals surface area contributed by atoms with Crippen LogP contribution in [-0.4, -0.2) is 71.6 Å². The van der Waals surface area contributed by atoms with Crippen molar-refractivity contribution in [1.29, 1.82) is 0 Å². The van der Waals surface area contributed by atoms with Gasteiger partial charge in [0.15, 0.2) is 17.5 Å². The van der Waals surface area contributed by atoms with Crippen LogP contribution >= 0.6 is 0 Å². The fraction of sp³-hybridized carbons (Fsp3) is 0.625. The van der Waals surface area contributed by atoms with Crippen LogP contribution < -0.4 is 10.2 Å². The van der Waals surface area contributed by atoms with Gasteiger partial charge in [-0.3, -0.25) is 9.59 Å². The molecule has 3 N–H and O–H groups in total. The molecule has 204 valence electrons. The van der Waals surface area contributed by atoms with Crippen LogP contribution in [0.25, 0.3) is 0 Å². The molecule has 1 aromatic carbocycles. The molecule has 1 unspecified atom stereocenters. The standard InChI is InChI=1S/C24H35F3N2O7/c1-23(2,3)35-17(32)8-7-16(22(34)36-24(4,5)6)28-21(33)14-13-15(25)20(19(27)18(14)26)29(9-11-30)10-12-31/h13,16,30-31H,7-12H2,1-6H3,(H,28,33). The minimum atomic E-state index is -1.70. The van der Waals surface area contributed by atoms with Crippen molar-refractivity contribution in [1.82, 2.24) is 5.32 Å². The Kier molecular flexibility index (Phi) is 11.2. The number of hydrogen-bond donors (Lipinski definition) is 3. The van der Waals surface area contributed by atoms with E-state index in [-0.39, 0.29) is 25.9 Å². The number of carbonyl (C=O) groups excluding carboxylic acids is 3. The first kappa shape index (κ1) is 31.2. The number of ether oxygens (including phenoxy) is 2. The topological polar surface area (TPSA) is 125 Å². The Hall–Kier alpha value is -2.86. The molecule has 36 heavy (non-hydrogen) atoms. The van der Waals surface area contributed by atoms with Gasteiger partial charge in [0.1, 0.15) is 22.9 Å². The van der Waals surface area contributed by atoms with Crippen molar-refractivity contribution in [2.24, 2.45) is 0 Å². The van der Waals surface area contributed by atoms with Crippen LogP contribution in [0.5, 0.6) is 0 Å². The third-order valence-corrected chi connectivity index (χ3v) is 4.49. The van der Waals surface area contributed by atoms with Crippen LogP contribution in [-0.2, 0) is 19.1 Å². The Morgan fingerprint density at radius 1 is 0.944 bits per heavy atom. The predicted molar refractivity (Wildman–Crippen MR) is 125 cm³/mol. The average molecular weight is 521 g/mol. The zero-order valence-corrected chi connectivity index (χ0v) is 21.4. The molecular weight excluding hydrogens is 485 g/mol. The summed E-state index contributed by atoms with van der Waals surface area (Å²) in [7, 11) is 0. The predicted octanol–water partition coefficient (Wildman–Crippen LogP) is 2.46. The molecule has 12 heteroatoms. The first-order valence-corrected chi connectivity index (χ1v) is 11.4. The summed E-state index contributed by atoms with van der Waals surface area (Å²) in [6.45, 7) is 8.01. The molecule has 1 aromatic rings. The van der Waals surface area contributed by atoms with Gasteiger partial charge < -0.3 is 29.9 Å². The van der Waals surface area contributed by atoms with Crippen LogP contribution in [0.4, 0.5) is 18.9 Å². The molecule has 0 saturated carbocycles. The second kappa shape index (κ2) is 12.9. The van der Waals surface area contributed by atoms with Gasteiger partial charge in [-0.25, -0.2) is 18.0 Å². The highest BCUT2D eigenvalue weighted by Crippen LogP contribution is 2.28. The number of aliphatic hydroxyl groups excluding tert-OH is 2. The van der Waals surface area contributed by atoms with Crippen molar-refractivity contribution in [3.63, 3.8) is 0 Å². The summed E-state index contributed by atoms with van der Waals surface area (Å²) in [4.78, 5) is 38.4. The van der Waals surface area contributed by atoms with E-state index in [1.807, 2.05) is 0 Å². The Bertz CT molecular complexity index is 937. The normalized spacial score (nSPS) is 12.6. The van der Waals surface area contributed by atoms with Crippen molar-refractivity contribution in [3.8, 4) is 0 Å². The fourth-order valence-electron chi connectivity index (χ4n) is 3.13. The molecule has 0 aliphatic heterocycles. The average Bonchev–Trinajstić information content (AvgIpc) is 2.71. The number of benzene rings is 1. The van der Waals surface area contributed by atoms with Crippen LogP contribution in [0.1, 0.15) is 64.7 Å². The van der Waals surface area contributed by atoms with Gasteiger partial charge in [-0.05, 0) is 54.0 Å². The number of nitrogens with one attached hydrogen (secondary N) is 1. The van der Waals surface area contributed by atoms with Gasteiger partial charge in [-0.2, -0.15) is 0 Å². The van der Waals surface area contributed by atoms with Gasteiger partial charge in [0.2, 0.25) is 0 Å². The number of carbonyl (C=O) groups is 3. The SMILES string of the molecule is CC(C)(C)OC(=O)CCC(NC(=O)c1cc(F)c(N(CCO)CCO)c(F)c1F)C(=O)OC(C)(C)C. The van der Waals surface area contributed by atoms with E-state index < -0.39 is 77.0 Å². The molecule has 0 fully saturated rings. The third kappa shape index (κ3) is 9.65. The van der Waals surface area contributed by atoms with E-state index >= 15 is 0 Å². The Balaban J connectivity index is 3.24. The third-order valence-electron chi connectivity index (χ3n) is 4.49. The maximum Gasteiger partial charge on any atom is 0.329 e. The van der Waals surface area contributed by atoms with E-state index in [9.17, 15) is 27.6 Å². The fourth-order valence-corrected chi connectivity index (χ4v) is 3.13. The zero-order chi connectivity index (χ0) is 27.8. The van der Waals surface area contributed by atoms with E-state index in [0.717, 1.165) is 4.90 Å². The second-order valence-electron chi connectivity index (χ2n) is 10.0. The number of halogens is 3. The Labute approximate surface area is 208 Å². The molecule has 0 heterocycles. The highest BCUT2D eigenvalue weighted by Gasteiger charge is 2.31. The molecule has 0 aliphatic rings. The largest absolute Gasteiger partial charge is 0.460 e. The second-order valence-corrected chi connectivity index (χ2v) is 10.0. The van der Waals surface area contributed by atoms with Crippen molar-refractivity contribution in [2.75, 3.05) is 31.2 Å². The molecular formula is C24H35F3N2O7. The molecule has 9 nitrogen and oxygen atoms in total. The maximum atomic E-state index is 14.8. The number of amides is 1. The molecule has 0 aromatic heterocycles. The first-order chi connectivity index (χ1) is 16.5. The summed E-state index contributed by atoms with van der Waals surface area (Å²) in [5.74, 6) is -7.62. The van der Waals surface area contributed by atoms with E-state index in [0.29, 0.717) is 6.07 Å². The summed E-state index contributed by atoms with van der Waals surface area (Å²) in [6.07, 6.45) is -0.579. The summed E-state index contributed by atoms with van der Waals surface area (Å²) in [5, 5.41) is 20.4. The van der Waals surface area contributed by atoms with E-state index in [1.165, 1.54) is 0 Å². The lowest BCUT2D eigenvalue weighted by molar-refractivity contribution is -0.158. The van der Waals surface area contributed by atoms with Gasteiger partial charge in [0.25, 0.3) is 5.91 Å². The van der Waals surface area contributed by atoms with Gasteiger partial charge in [-0.1, -0.05) is 0 Å². The number of aliphatic hydroxyl groups is 2. The van der Waals surface area contributed by atoms with E-state index in [1.54, 1.807) is 41.5 Å². The van der Waals surface area contributed by atoms with E-state index in [4.69, 9.17) is 19.7 Å². The van der Waals surface area contributed by atoms with Crippen LogP contribution in [0.15, 0.2) is 6.07 Å². The summed E-state index contributed by atoms with van der Waals surface area (Å²) in [5.41, 5.74) is -3.63. The molecule has 1 rings (SSSR count). The monoisotopic (exact) mass is 520 g/mol. The number of esters is 2. The molecule has 1 atom stereocenters. The van der Waals surface area contributed by atoms with Crippen LogP contribution in [0, 0.1) is 17.5 Å². The van der Waals surface area contributed by atoms with Crippen LogP contribution in [0.3, 0.4) is 0 Å². The minimum absolute atomic E-state index is 0.277. The van der Waals surface area contributed by atoms with Crippen molar-refractivity contribution >= 4 is 23.5 Å². The Morgan fingerprint density at radius 2 is 1.47 bits per heavy atom. The van der Waals surface area contributed by atoms with Crippen molar-refractivity contribution in [3.05, 3.63) is 29.1 Å². The van der Waals surface area contributed by atoms with Gasteiger partial charge >= 0.3 is 11.9 Å². The molecule has 1 amide bonds. The highest BCUT2D eigenvalue weighted by atomic mass is 19.2. The lowest BCUT2D eigenvalue weighted by Crippen LogP contribution is -2.45. The summed E-state index contributed by atoms with van der Waals surface area (Å²) >= 11 is 0. The lowest BCUT2D eigenvalue weighted by atomic mass is 10.1. The molecule has 0 aliphatic carbocycles. The van der Waals surface area contributed by atoms with E-state index in [2.05, 4.69) is 5.32 Å². The number of hydrogen-bond acceptors (Lipinski definition) is 8. The molecule has 0 radical (unpaired) electrons. The van der Waals surface area contributed by atoms with Crippen molar-refractivity contribution in [2.45, 2.75) is 71.6 Å². The number of anilines is 1. The molecule has 0 bridgehead atoms. The van der Waals surface area contributed by atoms with Gasteiger partial charge in [0, 0.05) is 19.5 Å². The molecule has 0 saturated heterocycles. The number of rotatable bonds is 11. The zero-order valence-electron chi connectivity index (χ0n) is 21.4. The smallest absolute Gasteiger partial charge is 0.329 e. The molecule has 0 spiro atoms. The maximum absolute atomic E-state index is 14.8. The van der Waals surface area contributed by atoms with Crippen molar-refractivity contribution < 1.29 is 47.2 Å². The van der Waals surface area contributed by atoms with Crippen LogP contribution in [0.2, 0.25) is 0 Å². The minimum Gasteiger partial charge on any atom is -0.460 e. The lowest BCUT2D eigenvalue weighted by Gasteiger charge is -2.26. The first-order valence-electron chi connectivity index (χ1n) is 11.4. The summed E-state index contributed by atoms with van der Waals surface area (Å²) < 4.78 is 54.7. The van der Waals surface area contributed by atoms with Gasteiger partial charge in [-0.15, -0.1) is 0 Å².